The van der Waals surface area contributed by atoms with Crippen molar-refractivity contribution in [1.82, 2.24) is 10.1 Å². The smallest absolute Gasteiger partial charge is 0.228 e. The molecule has 1 aromatic heterocycles. The highest BCUT2D eigenvalue weighted by atomic mass is 19.2. The van der Waals surface area contributed by atoms with Gasteiger partial charge < -0.3 is 15.0 Å². The lowest BCUT2D eigenvalue weighted by Crippen LogP contribution is -2.28. The summed E-state index contributed by atoms with van der Waals surface area (Å²) in [5.74, 6) is -1.36. The van der Waals surface area contributed by atoms with Crippen LogP contribution in [0.15, 0.2) is 22.7 Å². The van der Waals surface area contributed by atoms with Gasteiger partial charge in [0.1, 0.15) is 0 Å². The first-order chi connectivity index (χ1) is 9.10. The quantitative estimate of drug-likeness (QED) is 0.891. The average molecular weight is 269 g/mol. The summed E-state index contributed by atoms with van der Waals surface area (Å²) >= 11 is 0. The molecule has 0 aliphatic rings. The van der Waals surface area contributed by atoms with E-state index in [0.29, 0.717) is 24.5 Å². The molecule has 0 radical (unpaired) electrons. The van der Waals surface area contributed by atoms with E-state index in [1.807, 2.05) is 0 Å². The second kappa shape index (κ2) is 5.85. The number of benzene rings is 1. The van der Waals surface area contributed by atoms with Crippen LogP contribution in [0.3, 0.4) is 0 Å². The summed E-state index contributed by atoms with van der Waals surface area (Å²) in [4.78, 5) is 4.07. The monoisotopic (exact) mass is 269 g/mol. The number of hydrogen-bond acceptors (Lipinski definition) is 5. The fraction of sp³-hybridized carbons (Fsp3) is 0.333. The zero-order chi connectivity index (χ0) is 13.8. The van der Waals surface area contributed by atoms with Crippen molar-refractivity contribution in [2.45, 2.75) is 12.5 Å². The molecule has 7 heteroatoms. The van der Waals surface area contributed by atoms with E-state index in [1.54, 1.807) is 7.11 Å². The Morgan fingerprint density at radius 2 is 2.16 bits per heavy atom. The molecule has 0 saturated heterocycles. The van der Waals surface area contributed by atoms with E-state index in [4.69, 9.17) is 15.0 Å². The number of halogens is 2. The van der Waals surface area contributed by atoms with Gasteiger partial charge in [-0.1, -0.05) is 5.16 Å². The van der Waals surface area contributed by atoms with Crippen LogP contribution >= 0.6 is 0 Å². The number of rotatable bonds is 5. The molecule has 102 valence electrons. The van der Waals surface area contributed by atoms with E-state index < -0.39 is 11.6 Å². The third-order valence-electron chi connectivity index (χ3n) is 2.46. The molecule has 2 N–H and O–H groups in total. The van der Waals surface area contributed by atoms with Crippen molar-refractivity contribution < 1.29 is 18.0 Å². The van der Waals surface area contributed by atoms with Crippen LogP contribution < -0.4 is 5.73 Å². The van der Waals surface area contributed by atoms with Crippen molar-refractivity contribution in [2.24, 2.45) is 5.73 Å². The average Bonchev–Trinajstić information content (AvgIpc) is 2.81. The molecule has 1 heterocycles. The minimum atomic E-state index is -0.958. The van der Waals surface area contributed by atoms with Crippen molar-refractivity contribution in [2.75, 3.05) is 13.7 Å². The molecule has 2 aromatic rings. The maximum atomic E-state index is 13.1. The largest absolute Gasteiger partial charge is 0.383 e. The first kappa shape index (κ1) is 13.6. The second-order valence-corrected chi connectivity index (χ2v) is 4.06. The van der Waals surface area contributed by atoms with Gasteiger partial charge in [0.05, 0.1) is 6.61 Å². The van der Waals surface area contributed by atoms with Gasteiger partial charge in [-0.05, 0) is 18.2 Å². The number of hydrogen-bond donors (Lipinski definition) is 1. The van der Waals surface area contributed by atoms with E-state index >= 15 is 0 Å². The molecular weight excluding hydrogens is 256 g/mol. The number of aromatic nitrogens is 2. The zero-order valence-corrected chi connectivity index (χ0v) is 10.3. The third kappa shape index (κ3) is 3.33. The van der Waals surface area contributed by atoms with Crippen LogP contribution in [0.25, 0.3) is 11.4 Å². The summed E-state index contributed by atoms with van der Waals surface area (Å²) in [5.41, 5.74) is 6.09. The number of nitrogens with zero attached hydrogens (tertiary/aromatic N) is 2. The molecule has 0 aliphatic carbocycles. The fourth-order valence-electron chi connectivity index (χ4n) is 1.59. The van der Waals surface area contributed by atoms with Crippen molar-refractivity contribution in [1.29, 1.82) is 0 Å². The number of nitrogens with two attached hydrogens (primary N) is 1. The molecule has 1 aromatic carbocycles. The highest BCUT2D eigenvalue weighted by Crippen LogP contribution is 2.18. The third-order valence-corrected chi connectivity index (χ3v) is 2.46. The van der Waals surface area contributed by atoms with Gasteiger partial charge >= 0.3 is 0 Å². The molecule has 0 spiro atoms. The van der Waals surface area contributed by atoms with Gasteiger partial charge in [0.2, 0.25) is 11.7 Å². The minimum Gasteiger partial charge on any atom is -0.383 e. The molecule has 5 nitrogen and oxygen atoms in total. The van der Waals surface area contributed by atoms with Crippen molar-refractivity contribution in [3.63, 3.8) is 0 Å². The van der Waals surface area contributed by atoms with E-state index in [2.05, 4.69) is 10.1 Å². The molecule has 1 unspecified atom stereocenters. The Kier molecular flexibility index (Phi) is 4.18. The van der Waals surface area contributed by atoms with Crippen molar-refractivity contribution in [3.05, 3.63) is 35.7 Å². The zero-order valence-electron chi connectivity index (χ0n) is 10.3. The van der Waals surface area contributed by atoms with Gasteiger partial charge in [0, 0.05) is 25.1 Å². The molecule has 0 fully saturated rings. The highest BCUT2D eigenvalue weighted by molar-refractivity contribution is 5.54. The van der Waals surface area contributed by atoms with E-state index in [0.717, 1.165) is 12.1 Å². The van der Waals surface area contributed by atoms with Crippen LogP contribution in [-0.2, 0) is 11.2 Å². The van der Waals surface area contributed by atoms with Crippen molar-refractivity contribution in [3.8, 4) is 11.4 Å². The Morgan fingerprint density at radius 1 is 1.37 bits per heavy atom. The van der Waals surface area contributed by atoms with E-state index in [9.17, 15) is 8.78 Å². The Labute approximate surface area is 108 Å². The van der Waals surface area contributed by atoms with Gasteiger partial charge in [0.15, 0.2) is 11.6 Å². The van der Waals surface area contributed by atoms with Gasteiger partial charge in [-0.25, -0.2) is 8.78 Å². The van der Waals surface area contributed by atoms with Crippen LogP contribution in [0.2, 0.25) is 0 Å². The summed E-state index contributed by atoms with van der Waals surface area (Å²) < 4.78 is 35.8. The topological polar surface area (TPSA) is 74.2 Å². The maximum Gasteiger partial charge on any atom is 0.228 e. The first-order valence-electron chi connectivity index (χ1n) is 5.62. The summed E-state index contributed by atoms with van der Waals surface area (Å²) in [6, 6.07) is 3.14. The molecule has 0 saturated carbocycles. The molecular formula is C12H13F2N3O2. The fourth-order valence-corrected chi connectivity index (χ4v) is 1.59. The minimum absolute atomic E-state index is 0.193. The SMILES string of the molecule is COCC(N)Cc1nc(-c2ccc(F)c(F)c2)no1. The molecule has 0 aliphatic heterocycles. The Bertz CT molecular complexity index is 560. The summed E-state index contributed by atoms with van der Waals surface area (Å²) in [7, 11) is 1.54. The van der Waals surface area contributed by atoms with Crippen molar-refractivity contribution >= 4 is 0 Å². The second-order valence-electron chi connectivity index (χ2n) is 4.06. The van der Waals surface area contributed by atoms with E-state index in [1.165, 1.54) is 6.07 Å². The van der Waals surface area contributed by atoms with Gasteiger partial charge in [0.25, 0.3) is 0 Å². The first-order valence-corrected chi connectivity index (χ1v) is 5.62. The number of ether oxygens (including phenoxy) is 1. The van der Waals surface area contributed by atoms with Crippen LogP contribution in [-0.4, -0.2) is 29.9 Å². The Hall–Kier alpha value is -1.86. The molecule has 0 bridgehead atoms. The predicted molar refractivity (Wildman–Crippen MR) is 63.2 cm³/mol. The lowest BCUT2D eigenvalue weighted by Gasteiger charge is -2.05. The summed E-state index contributed by atoms with van der Waals surface area (Å²) in [5, 5.41) is 3.70. The molecule has 1 atom stereocenters. The molecule has 19 heavy (non-hydrogen) atoms. The lowest BCUT2D eigenvalue weighted by molar-refractivity contribution is 0.176. The van der Waals surface area contributed by atoms with Gasteiger partial charge in [-0.2, -0.15) is 4.98 Å². The maximum absolute atomic E-state index is 13.1. The summed E-state index contributed by atoms with van der Waals surface area (Å²) in [6.07, 6.45) is 0.352. The highest BCUT2D eigenvalue weighted by Gasteiger charge is 2.13. The molecule has 2 rings (SSSR count). The van der Waals surface area contributed by atoms with Gasteiger partial charge in [-0.3, -0.25) is 0 Å². The van der Waals surface area contributed by atoms with Crippen LogP contribution in [0, 0.1) is 11.6 Å². The van der Waals surface area contributed by atoms with Crippen LogP contribution in [0.1, 0.15) is 5.89 Å². The number of methoxy groups -OCH3 is 1. The van der Waals surface area contributed by atoms with Crippen LogP contribution in [0.4, 0.5) is 8.78 Å². The Balaban J connectivity index is 2.14. The predicted octanol–water partition coefficient (Wildman–Crippen LogP) is 1.53. The van der Waals surface area contributed by atoms with Crippen LogP contribution in [0.5, 0.6) is 0 Å². The lowest BCUT2D eigenvalue weighted by atomic mass is 10.2. The molecule has 0 amide bonds. The van der Waals surface area contributed by atoms with Gasteiger partial charge in [-0.15, -0.1) is 0 Å². The summed E-state index contributed by atoms with van der Waals surface area (Å²) in [6.45, 7) is 0.364. The standard InChI is InChI=1S/C12H13F2N3O2/c1-18-6-8(15)5-11-16-12(17-19-11)7-2-3-9(13)10(14)4-7/h2-4,8H,5-6,15H2,1H3. The normalized spacial score (nSPS) is 12.6. The Morgan fingerprint density at radius 3 is 2.84 bits per heavy atom. The van der Waals surface area contributed by atoms with E-state index in [-0.39, 0.29) is 11.9 Å².